The van der Waals surface area contributed by atoms with Gasteiger partial charge in [-0.1, -0.05) is 29.3 Å². The fraction of sp³-hybridized carbons (Fsp3) is 0.148. The number of amides is 1. The maximum absolute atomic E-state index is 11.8. The van der Waals surface area contributed by atoms with Crippen LogP contribution in [0.4, 0.5) is 11.4 Å². The molecule has 3 heterocycles. The number of carbonyl (C=O) groups excluding carboxylic acids is 1. The highest BCUT2D eigenvalue weighted by Gasteiger charge is 2.42. The van der Waals surface area contributed by atoms with Gasteiger partial charge in [0.15, 0.2) is 5.11 Å². The molecule has 1 amide bonds. The number of nitrogens with one attached hydrogen (secondary N) is 2. The molecule has 2 unspecified atom stereocenters. The zero-order valence-corrected chi connectivity index (χ0v) is 22.2. The van der Waals surface area contributed by atoms with Crippen molar-refractivity contribution in [1.29, 1.82) is 0 Å². The van der Waals surface area contributed by atoms with Crippen LogP contribution in [0.5, 0.6) is 5.75 Å². The quantitative estimate of drug-likeness (QED) is 0.255. The standard InChI is InChI=1S/C27H22Cl2N4O3S/c1-15(34)31-21-14-17(7-9-23(21)35-2)33-26(25(32-27(33)37)20-5-3-4-12-30-20)24-11-10-22(36-24)18-8-6-16(28)13-19(18)29/h3-14,25-26H,1-2H3,(H,31,34)(H,32,37). The molecule has 2 aromatic heterocycles. The van der Waals surface area contributed by atoms with E-state index in [0.717, 1.165) is 16.9 Å². The zero-order valence-electron chi connectivity index (χ0n) is 19.9. The molecule has 1 aliphatic rings. The summed E-state index contributed by atoms with van der Waals surface area (Å²) >= 11 is 18.3. The van der Waals surface area contributed by atoms with Gasteiger partial charge in [-0.25, -0.2) is 0 Å². The van der Waals surface area contributed by atoms with E-state index in [2.05, 4.69) is 15.6 Å². The second-order valence-corrected chi connectivity index (χ2v) is 9.62. The molecular formula is C27H22Cl2N4O3S. The molecule has 0 saturated carbocycles. The Hall–Kier alpha value is -3.59. The van der Waals surface area contributed by atoms with Crippen LogP contribution < -0.4 is 20.3 Å². The maximum Gasteiger partial charge on any atom is 0.221 e. The molecule has 0 aliphatic carbocycles. The third kappa shape index (κ3) is 5.00. The Balaban J connectivity index is 1.61. The highest BCUT2D eigenvalue weighted by atomic mass is 35.5. The summed E-state index contributed by atoms with van der Waals surface area (Å²) in [5, 5.41) is 7.74. The van der Waals surface area contributed by atoms with E-state index in [1.165, 1.54) is 6.92 Å². The van der Waals surface area contributed by atoms with Gasteiger partial charge in [0, 0.05) is 29.4 Å². The van der Waals surface area contributed by atoms with Gasteiger partial charge in [-0.15, -0.1) is 0 Å². The minimum absolute atomic E-state index is 0.212. The lowest BCUT2D eigenvalue weighted by Crippen LogP contribution is -2.29. The smallest absolute Gasteiger partial charge is 0.221 e. The van der Waals surface area contributed by atoms with Gasteiger partial charge in [-0.05, 0) is 72.9 Å². The van der Waals surface area contributed by atoms with E-state index >= 15 is 0 Å². The molecule has 37 heavy (non-hydrogen) atoms. The number of anilines is 2. The number of halogens is 2. The first-order chi connectivity index (χ1) is 17.9. The fourth-order valence-corrected chi connectivity index (χ4v) is 5.25. The highest BCUT2D eigenvalue weighted by molar-refractivity contribution is 7.80. The largest absolute Gasteiger partial charge is 0.495 e. The molecule has 2 aromatic carbocycles. The maximum atomic E-state index is 11.8. The monoisotopic (exact) mass is 552 g/mol. The Morgan fingerprint density at radius 1 is 1.14 bits per heavy atom. The first kappa shape index (κ1) is 25.1. The summed E-state index contributed by atoms with van der Waals surface area (Å²) in [7, 11) is 1.55. The SMILES string of the molecule is COc1ccc(N2C(=S)NC(c3ccccn3)C2c2ccc(-c3ccc(Cl)cc3Cl)o2)cc1NC(C)=O. The van der Waals surface area contributed by atoms with E-state index in [1.807, 2.05) is 53.4 Å². The second kappa shape index (κ2) is 10.4. The molecule has 7 nitrogen and oxygen atoms in total. The van der Waals surface area contributed by atoms with Gasteiger partial charge >= 0.3 is 0 Å². The van der Waals surface area contributed by atoms with Crippen LogP contribution in [0.2, 0.25) is 10.0 Å². The third-order valence-electron chi connectivity index (χ3n) is 5.98. The average molecular weight is 553 g/mol. The lowest BCUT2D eigenvalue weighted by molar-refractivity contribution is -0.114. The number of hydrogen-bond acceptors (Lipinski definition) is 5. The van der Waals surface area contributed by atoms with Crippen LogP contribution >= 0.6 is 35.4 Å². The van der Waals surface area contributed by atoms with E-state index in [1.54, 1.807) is 31.5 Å². The van der Waals surface area contributed by atoms with Gasteiger partial charge in [-0.2, -0.15) is 0 Å². The van der Waals surface area contributed by atoms with Crippen molar-refractivity contribution < 1.29 is 13.9 Å². The molecule has 2 atom stereocenters. The van der Waals surface area contributed by atoms with Crippen molar-refractivity contribution in [3.05, 3.63) is 94.4 Å². The number of rotatable bonds is 6. The number of methoxy groups -OCH3 is 1. The Labute approximate surface area is 229 Å². The minimum Gasteiger partial charge on any atom is -0.495 e. The Morgan fingerprint density at radius 3 is 2.68 bits per heavy atom. The van der Waals surface area contributed by atoms with Crippen LogP contribution in [0.1, 0.15) is 30.5 Å². The van der Waals surface area contributed by atoms with Gasteiger partial charge < -0.3 is 24.7 Å². The van der Waals surface area contributed by atoms with E-state index in [-0.39, 0.29) is 18.0 Å². The molecular weight excluding hydrogens is 531 g/mol. The van der Waals surface area contributed by atoms with Crippen LogP contribution in [0, 0.1) is 0 Å². The molecule has 1 saturated heterocycles. The van der Waals surface area contributed by atoms with Crippen LogP contribution in [0.15, 0.2) is 77.3 Å². The predicted molar refractivity (Wildman–Crippen MR) is 149 cm³/mol. The number of ether oxygens (including phenoxy) is 1. The lowest BCUT2D eigenvalue weighted by atomic mass is 10.0. The van der Waals surface area contributed by atoms with Crippen molar-refractivity contribution in [3.63, 3.8) is 0 Å². The molecule has 188 valence electrons. The first-order valence-corrected chi connectivity index (χ1v) is 12.5. The Morgan fingerprint density at radius 2 is 1.97 bits per heavy atom. The van der Waals surface area contributed by atoms with Gasteiger partial charge in [0.1, 0.15) is 23.3 Å². The topological polar surface area (TPSA) is 79.6 Å². The van der Waals surface area contributed by atoms with Crippen LogP contribution in [0.3, 0.4) is 0 Å². The summed E-state index contributed by atoms with van der Waals surface area (Å²) in [6.07, 6.45) is 1.74. The summed E-state index contributed by atoms with van der Waals surface area (Å²) in [6, 6.07) is 19.6. The number of nitrogens with zero attached hydrogens (tertiary/aromatic N) is 2. The summed E-state index contributed by atoms with van der Waals surface area (Å²) in [6.45, 7) is 1.44. The number of furan rings is 1. The molecule has 1 fully saturated rings. The fourth-order valence-electron chi connectivity index (χ4n) is 4.40. The van der Waals surface area contributed by atoms with Gasteiger partial charge in [0.2, 0.25) is 5.91 Å². The van der Waals surface area contributed by atoms with E-state index < -0.39 is 0 Å². The van der Waals surface area contributed by atoms with Crippen molar-refractivity contribution in [2.45, 2.75) is 19.0 Å². The van der Waals surface area contributed by atoms with Gasteiger partial charge in [0.25, 0.3) is 0 Å². The van der Waals surface area contributed by atoms with Crippen LogP contribution in [-0.2, 0) is 4.79 Å². The minimum atomic E-state index is -0.388. The molecule has 0 bridgehead atoms. The zero-order chi connectivity index (χ0) is 26.1. The summed E-state index contributed by atoms with van der Waals surface area (Å²) in [5.74, 6) is 1.58. The van der Waals surface area contributed by atoms with E-state index in [4.69, 9.17) is 44.6 Å². The molecule has 4 aromatic rings. The van der Waals surface area contributed by atoms with Crippen molar-refractivity contribution in [2.75, 3.05) is 17.3 Å². The van der Waals surface area contributed by atoms with Gasteiger partial charge in [-0.3, -0.25) is 9.78 Å². The molecule has 1 aliphatic heterocycles. The van der Waals surface area contributed by atoms with Crippen LogP contribution in [0.25, 0.3) is 11.3 Å². The first-order valence-electron chi connectivity index (χ1n) is 11.4. The predicted octanol–water partition coefficient (Wildman–Crippen LogP) is 6.79. The summed E-state index contributed by atoms with van der Waals surface area (Å²) in [5.41, 5.74) is 2.80. The molecule has 5 rings (SSSR count). The van der Waals surface area contributed by atoms with Crippen LogP contribution in [-0.4, -0.2) is 23.1 Å². The Bertz CT molecular complexity index is 1480. The number of carbonyl (C=O) groups is 1. The van der Waals surface area contributed by atoms with Crippen molar-refractivity contribution >= 4 is 57.8 Å². The molecule has 0 spiro atoms. The summed E-state index contributed by atoms with van der Waals surface area (Å²) in [4.78, 5) is 18.3. The Kier molecular flexibility index (Phi) is 7.06. The van der Waals surface area contributed by atoms with Crippen molar-refractivity contribution in [1.82, 2.24) is 10.3 Å². The molecule has 10 heteroatoms. The van der Waals surface area contributed by atoms with Crippen molar-refractivity contribution in [2.24, 2.45) is 0 Å². The number of hydrogen-bond donors (Lipinski definition) is 2. The second-order valence-electron chi connectivity index (χ2n) is 8.39. The number of thiocarbonyl (C=S) groups is 1. The third-order valence-corrected chi connectivity index (χ3v) is 6.85. The van der Waals surface area contributed by atoms with E-state index in [0.29, 0.717) is 38.1 Å². The number of benzene rings is 2. The molecule has 2 N–H and O–H groups in total. The average Bonchev–Trinajstić information content (AvgIpc) is 3.48. The number of aromatic nitrogens is 1. The van der Waals surface area contributed by atoms with E-state index in [9.17, 15) is 4.79 Å². The highest BCUT2D eigenvalue weighted by Crippen LogP contribution is 2.44. The lowest BCUT2D eigenvalue weighted by Gasteiger charge is -2.27. The van der Waals surface area contributed by atoms with Crippen molar-refractivity contribution in [3.8, 4) is 17.1 Å². The van der Waals surface area contributed by atoms with Gasteiger partial charge in [0.05, 0.1) is 29.6 Å². The normalized spacial score (nSPS) is 17.0. The summed E-state index contributed by atoms with van der Waals surface area (Å²) < 4.78 is 11.8. The number of pyridine rings is 1. The molecule has 0 radical (unpaired) electrons.